The Morgan fingerprint density at radius 2 is 1.86 bits per heavy atom. The van der Waals surface area contributed by atoms with Crippen molar-refractivity contribution < 1.29 is 23.5 Å². The van der Waals surface area contributed by atoms with Gasteiger partial charge < -0.3 is 15.0 Å². The summed E-state index contributed by atoms with van der Waals surface area (Å²) in [5.74, 6) is 1.34. The minimum absolute atomic E-state index is 0.0789. The first-order valence-electron chi connectivity index (χ1n) is 12.5. The number of benzene rings is 2. The molecule has 0 radical (unpaired) electrons. The van der Waals surface area contributed by atoms with Gasteiger partial charge in [0, 0.05) is 36.2 Å². The van der Waals surface area contributed by atoms with E-state index in [-0.39, 0.29) is 24.7 Å². The van der Waals surface area contributed by atoms with Crippen LogP contribution in [0.25, 0.3) is 0 Å². The SMILES string of the molecule is CC(C)Cc1ccc(C(=O)/C=C\C(=O)NC[C@H]2CN(c3ccc(N4CCSCC4)c(F)c3)C(=O)O2)cc1. The molecule has 2 aliphatic rings. The van der Waals surface area contributed by atoms with Crippen molar-refractivity contribution in [1.29, 1.82) is 0 Å². The number of ether oxygens (including phenoxy) is 1. The summed E-state index contributed by atoms with van der Waals surface area (Å²) in [7, 11) is 0. The first-order valence-corrected chi connectivity index (χ1v) is 13.6. The monoisotopic (exact) mass is 525 g/mol. The summed E-state index contributed by atoms with van der Waals surface area (Å²) >= 11 is 1.85. The zero-order valence-corrected chi connectivity index (χ0v) is 21.9. The molecule has 2 fully saturated rings. The number of halogens is 1. The lowest BCUT2D eigenvalue weighted by Gasteiger charge is -2.29. The molecular weight excluding hydrogens is 493 g/mol. The second-order valence-electron chi connectivity index (χ2n) is 9.59. The number of nitrogens with zero attached hydrogens (tertiary/aromatic N) is 2. The molecule has 0 aromatic heterocycles. The van der Waals surface area contributed by atoms with E-state index in [0.717, 1.165) is 36.6 Å². The van der Waals surface area contributed by atoms with Gasteiger partial charge in [0.25, 0.3) is 0 Å². The molecule has 9 heteroatoms. The number of carbonyl (C=O) groups is 3. The van der Waals surface area contributed by atoms with Gasteiger partial charge in [-0.05, 0) is 42.2 Å². The van der Waals surface area contributed by atoms with Crippen molar-refractivity contribution in [3.8, 4) is 0 Å². The van der Waals surface area contributed by atoms with Crippen LogP contribution in [0.5, 0.6) is 0 Å². The number of carbonyl (C=O) groups excluding carboxylic acids is 3. The molecule has 4 rings (SSSR count). The number of allylic oxidation sites excluding steroid dienone is 1. The Kier molecular flexibility index (Phi) is 8.87. The van der Waals surface area contributed by atoms with E-state index in [9.17, 15) is 18.8 Å². The summed E-state index contributed by atoms with van der Waals surface area (Å²) in [4.78, 5) is 40.3. The maximum absolute atomic E-state index is 14.8. The molecule has 2 aliphatic heterocycles. The fourth-order valence-electron chi connectivity index (χ4n) is 4.36. The van der Waals surface area contributed by atoms with Gasteiger partial charge in [-0.25, -0.2) is 9.18 Å². The Hall–Kier alpha value is -3.33. The molecule has 0 saturated carbocycles. The number of hydrogen-bond acceptors (Lipinski definition) is 6. The molecule has 0 spiro atoms. The third-order valence-electron chi connectivity index (χ3n) is 6.24. The van der Waals surface area contributed by atoms with Gasteiger partial charge in [-0.1, -0.05) is 38.1 Å². The molecule has 196 valence electrons. The second kappa shape index (κ2) is 12.3. The molecule has 37 heavy (non-hydrogen) atoms. The molecule has 0 aliphatic carbocycles. The van der Waals surface area contributed by atoms with Gasteiger partial charge in [-0.2, -0.15) is 11.8 Å². The third-order valence-corrected chi connectivity index (χ3v) is 7.18. The number of cyclic esters (lactones) is 1. The number of thioether (sulfide) groups is 1. The molecule has 2 aromatic carbocycles. The second-order valence-corrected chi connectivity index (χ2v) is 10.8. The summed E-state index contributed by atoms with van der Waals surface area (Å²) in [5, 5.41) is 2.65. The lowest BCUT2D eigenvalue weighted by Crippen LogP contribution is -2.34. The van der Waals surface area contributed by atoms with E-state index in [1.165, 1.54) is 23.1 Å². The van der Waals surface area contributed by atoms with Crippen LogP contribution in [0, 0.1) is 11.7 Å². The van der Waals surface area contributed by atoms with Gasteiger partial charge in [-0.15, -0.1) is 0 Å². The van der Waals surface area contributed by atoms with Crippen LogP contribution in [0.4, 0.5) is 20.6 Å². The lowest BCUT2D eigenvalue weighted by atomic mass is 10.0. The largest absolute Gasteiger partial charge is 0.442 e. The van der Waals surface area contributed by atoms with Gasteiger partial charge >= 0.3 is 6.09 Å². The van der Waals surface area contributed by atoms with Gasteiger partial charge in [0.15, 0.2) is 5.78 Å². The van der Waals surface area contributed by atoms with Gasteiger partial charge in [0.2, 0.25) is 5.91 Å². The normalized spacial score (nSPS) is 17.9. The van der Waals surface area contributed by atoms with Gasteiger partial charge in [-0.3, -0.25) is 14.5 Å². The van der Waals surface area contributed by atoms with E-state index in [2.05, 4.69) is 19.2 Å². The maximum Gasteiger partial charge on any atom is 0.414 e. The first-order chi connectivity index (χ1) is 17.8. The topological polar surface area (TPSA) is 79.0 Å². The van der Waals surface area contributed by atoms with Crippen molar-refractivity contribution in [2.75, 3.05) is 47.5 Å². The first kappa shape index (κ1) is 26.7. The minimum Gasteiger partial charge on any atom is -0.442 e. The zero-order chi connectivity index (χ0) is 26.4. The maximum atomic E-state index is 14.8. The quantitative estimate of drug-likeness (QED) is 0.385. The molecule has 2 heterocycles. The number of ketones is 1. The van der Waals surface area contributed by atoms with Crippen LogP contribution in [0.1, 0.15) is 29.8 Å². The third kappa shape index (κ3) is 7.13. The van der Waals surface area contributed by atoms with Crippen molar-refractivity contribution in [2.24, 2.45) is 5.92 Å². The van der Waals surface area contributed by atoms with Gasteiger partial charge in [0.1, 0.15) is 11.9 Å². The van der Waals surface area contributed by atoms with Crippen molar-refractivity contribution >= 4 is 40.9 Å². The molecule has 1 atom stereocenters. The molecule has 2 aromatic rings. The summed E-state index contributed by atoms with van der Waals surface area (Å²) in [6, 6.07) is 12.1. The van der Waals surface area contributed by atoms with E-state index in [4.69, 9.17) is 4.74 Å². The Bertz CT molecular complexity index is 1160. The van der Waals surface area contributed by atoms with Crippen LogP contribution in [-0.2, 0) is 16.0 Å². The van der Waals surface area contributed by atoms with Crippen LogP contribution in [0.15, 0.2) is 54.6 Å². The van der Waals surface area contributed by atoms with Crippen molar-refractivity contribution in [2.45, 2.75) is 26.4 Å². The standard InChI is InChI=1S/C28H32FN3O4S/c1-19(2)15-20-3-5-21(6-4-20)26(33)9-10-27(34)30-17-23-18-32(28(35)36-23)22-7-8-25(24(29)16-22)31-11-13-37-14-12-31/h3-10,16,19,23H,11-15,17-18H2,1-2H3,(H,30,34)/b10-9-/t23-/m0/s1. The van der Waals surface area contributed by atoms with Crippen molar-refractivity contribution in [3.63, 3.8) is 0 Å². The van der Waals surface area contributed by atoms with Crippen LogP contribution < -0.4 is 15.1 Å². The smallest absolute Gasteiger partial charge is 0.414 e. The highest BCUT2D eigenvalue weighted by Gasteiger charge is 2.33. The molecular formula is C28H32FN3O4S. The molecule has 0 unspecified atom stereocenters. The number of hydrogen-bond donors (Lipinski definition) is 1. The predicted molar refractivity (Wildman–Crippen MR) is 145 cm³/mol. The Morgan fingerprint density at radius 3 is 2.54 bits per heavy atom. The lowest BCUT2D eigenvalue weighted by molar-refractivity contribution is -0.116. The van der Waals surface area contributed by atoms with Crippen LogP contribution in [0.2, 0.25) is 0 Å². The highest BCUT2D eigenvalue weighted by molar-refractivity contribution is 7.99. The molecule has 7 nitrogen and oxygen atoms in total. The van der Waals surface area contributed by atoms with Crippen LogP contribution >= 0.6 is 11.8 Å². The average molecular weight is 526 g/mol. The number of nitrogens with one attached hydrogen (secondary N) is 1. The predicted octanol–water partition coefficient (Wildman–Crippen LogP) is 4.46. The average Bonchev–Trinajstić information content (AvgIpc) is 3.27. The Labute approximate surface area is 221 Å². The van der Waals surface area contributed by atoms with E-state index >= 15 is 0 Å². The van der Waals surface area contributed by atoms with E-state index < -0.39 is 18.1 Å². The number of rotatable bonds is 9. The van der Waals surface area contributed by atoms with E-state index in [1.807, 2.05) is 28.8 Å². The van der Waals surface area contributed by atoms with Crippen molar-refractivity contribution in [1.82, 2.24) is 5.32 Å². The summed E-state index contributed by atoms with van der Waals surface area (Å²) in [6.07, 6.45) is 2.16. The zero-order valence-electron chi connectivity index (χ0n) is 21.1. The Morgan fingerprint density at radius 1 is 1.14 bits per heavy atom. The fourth-order valence-corrected chi connectivity index (χ4v) is 5.26. The van der Waals surface area contributed by atoms with E-state index in [1.54, 1.807) is 24.3 Å². The van der Waals surface area contributed by atoms with Crippen molar-refractivity contribution in [3.05, 3.63) is 71.6 Å². The van der Waals surface area contributed by atoms with Crippen LogP contribution in [-0.4, -0.2) is 61.6 Å². The van der Waals surface area contributed by atoms with E-state index in [0.29, 0.717) is 22.9 Å². The molecule has 1 N–H and O–H groups in total. The fraction of sp³-hybridized carbons (Fsp3) is 0.393. The molecule has 2 saturated heterocycles. The summed E-state index contributed by atoms with van der Waals surface area (Å²) in [6.45, 7) is 6.12. The highest BCUT2D eigenvalue weighted by Crippen LogP contribution is 2.29. The number of amides is 2. The highest BCUT2D eigenvalue weighted by atomic mass is 32.2. The summed E-state index contributed by atoms with van der Waals surface area (Å²) in [5.41, 5.74) is 2.62. The number of anilines is 2. The Balaban J connectivity index is 1.27. The van der Waals surface area contributed by atoms with Gasteiger partial charge in [0.05, 0.1) is 24.5 Å². The molecule has 0 bridgehead atoms. The molecule has 2 amide bonds. The van der Waals surface area contributed by atoms with Crippen LogP contribution in [0.3, 0.4) is 0 Å². The minimum atomic E-state index is -0.590. The summed E-state index contributed by atoms with van der Waals surface area (Å²) < 4.78 is 20.1.